The Kier molecular flexibility index (Phi) is 5.79. The van der Waals surface area contributed by atoms with Crippen molar-refractivity contribution in [1.29, 1.82) is 0 Å². The molecule has 5 nitrogen and oxygen atoms in total. The average Bonchev–Trinajstić information content (AvgIpc) is 2.84. The second-order valence-electron chi connectivity index (χ2n) is 4.53. The Morgan fingerprint density at radius 2 is 2.18 bits per heavy atom. The Morgan fingerprint density at radius 1 is 1.41 bits per heavy atom. The maximum absolute atomic E-state index is 9.89. The third-order valence-corrected chi connectivity index (χ3v) is 4.58. The summed E-state index contributed by atoms with van der Waals surface area (Å²) < 4.78 is 8.05. The van der Waals surface area contributed by atoms with Crippen molar-refractivity contribution in [2.75, 3.05) is 6.61 Å². The summed E-state index contributed by atoms with van der Waals surface area (Å²) in [7, 11) is 0. The molecular weight excluding hydrogens is 366 g/mol. The highest BCUT2D eigenvalue weighted by Gasteiger charge is 2.08. The van der Waals surface area contributed by atoms with E-state index >= 15 is 0 Å². The minimum atomic E-state index is 0.0913. The predicted molar refractivity (Wildman–Crippen MR) is 92.9 cm³/mol. The van der Waals surface area contributed by atoms with Gasteiger partial charge in [-0.3, -0.25) is 0 Å². The molecule has 22 heavy (non-hydrogen) atoms. The largest absolute Gasteiger partial charge is 0.503 e. The summed E-state index contributed by atoms with van der Waals surface area (Å²) in [4.78, 5) is 0.860. The van der Waals surface area contributed by atoms with Crippen LogP contribution < -0.4 is 9.54 Å². The molecular formula is C15H18BrN3O2S. The molecule has 1 aromatic heterocycles. The van der Waals surface area contributed by atoms with Crippen LogP contribution in [0.3, 0.4) is 0 Å². The molecule has 2 aromatic rings. The number of aromatic nitrogens is 1. The average molecular weight is 384 g/mol. The Morgan fingerprint density at radius 3 is 2.86 bits per heavy atom. The van der Waals surface area contributed by atoms with Crippen molar-refractivity contribution >= 4 is 33.5 Å². The predicted octanol–water partition coefficient (Wildman–Crippen LogP) is 3.68. The molecule has 0 amide bonds. The van der Waals surface area contributed by atoms with E-state index in [1.165, 1.54) is 5.69 Å². The van der Waals surface area contributed by atoms with Gasteiger partial charge in [-0.15, -0.1) is 16.4 Å². The molecule has 118 valence electrons. The highest BCUT2D eigenvalue weighted by Crippen LogP contribution is 2.35. The van der Waals surface area contributed by atoms with Crippen molar-refractivity contribution in [2.24, 2.45) is 10.2 Å². The van der Waals surface area contributed by atoms with Gasteiger partial charge in [0.25, 0.3) is 0 Å². The van der Waals surface area contributed by atoms with Gasteiger partial charge < -0.3 is 14.4 Å². The van der Waals surface area contributed by atoms with Crippen LogP contribution in [0.15, 0.2) is 32.2 Å². The Hall–Kier alpha value is -1.60. The summed E-state index contributed by atoms with van der Waals surface area (Å²) in [5.74, 6) is 0.516. The fourth-order valence-electron chi connectivity index (χ4n) is 1.96. The summed E-state index contributed by atoms with van der Waals surface area (Å²) >= 11 is 4.87. The first-order valence-electron chi connectivity index (χ1n) is 6.94. The van der Waals surface area contributed by atoms with Gasteiger partial charge in [-0.1, -0.05) is 0 Å². The molecule has 1 N–H and O–H groups in total. The molecule has 0 aliphatic heterocycles. The first-order valence-corrected chi connectivity index (χ1v) is 8.61. The highest BCUT2D eigenvalue weighted by molar-refractivity contribution is 9.10. The quantitative estimate of drug-likeness (QED) is 0.632. The molecule has 1 heterocycles. The summed E-state index contributed by atoms with van der Waals surface area (Å²) in [5, 5.41) is 20.3. The van der Waals surface area contributed by atoms with Crippen molar-refractivity contribution < 1.29 is 9.84 Å². The fourth-order valence-corrected chi connectivity index (χ4v) is 3.31. The van der Waals surface area contributed by atoms with Gasteiger partial charge in [-0.25, -0.2) is 0 Å². The zero-order valence-corrected chi connectivity index (χ0v) is 15.1. The number of hydrogen-bond acceptors (Lipinski definition) is 5. The smallest absolute Gasteiger partial charge is 0.210 e. The number of phenols is 1. The number of benzene rings is 1. The number of halogens is 1. The van der Waals surface area contributed by atoms with E-state index in [1.807, 2.05) is 13.8 Å². The van der Waals surface area contributed by atoms with Crippen molar-refractivity contribution in [3.05, 3.63) is 38.0 Å². The van der Waals surface area contributed by atoms with Crippen LogP contribution in [0.2, 0.25) is 0 Å². The Bertz CT molecular complexity index is 750. The zero-order valence-electron chi connectivity index (χ0n) is 12.7. The van der Waals surface area contributed by atoms with E-state index in [-0.39, 0.29) is 5.75 Å². The van der Waals surface area contributed by atoms with Crippen molar-refractivity contribution in [3.8, 4) is 11.5 Å². The molecule has 2 rings (SSSR count). The lowest BCUT2D eigenvalue weighted by Gasteiger charge is -2.08. The summed E-state index contributed by atoms with van der Waals surface area (Å²) in [6.45, 7) is 7.34. The van der Waals surface area contributed by atoms with Gasteiger partial charge in [0, 0.05) is 17.6 Å². The molecule has 0 saturated carbocycles. The second kappa shape index (κ2) is 7.60. The van der Waals surface area contributed by atoms with Gasteiger partial charge in [0.1, 0.15) is 0 Å². The first-order chi connectivity index (χ1) is 10.6. The number of hydrogen-bond donors (Lipinski definition) is 1. The van der Waals surface area contributed by atoms with Crippen LogP contribution in [0.1, 0.15) is 25.1 Å². The van der Waals surface area contributed by atoms with Crippen molar-refractivity contribution in [3.63, 3.8) is 0 Å². The zero-order chi connectivity index (χ0) is 16.1. The minimum absolute atomic E-state index is 0.0913. The number of aryl methyl sites for hydroxylation is 1. The van der Waals surface area contributed by atoms with Gasteiger partial charge in [-0.05, 0) is 54.4 Å². The monoisotopic (exact) mass is 383 g/mol. The van der Waals surface area contributed by atoms with Crippen LogP contribution in [0.4, 0.5) is 0 Å². The van der Waals surface area contributed by atoms with Gasteiger partial charge in [0.05, 0.1) is 17.3 Å². The summed E-state index contributed by atoms with van der Waals surface area (Å²) in [6.07, 6.45) is 1.64. The molecule has 7 heteroatoms. The van der Waals surface area contributed by atoms with Crippen LogP contribution >= 0.6 is 27.3 Å². The standard InChI is InChI=1S/C15H18BrN3O2S/c1-4-19-10(3)9-22-15(19)18-17-8-11-6-12(16)14(20)13(7-11)21-5-2/h6-9,20H,4-5H2,1-3H3/b17-8+,18-15-. The van der Waals surface area contributed by atoms with E-state index in [4.69, 9.17) is 4.74 Å². The number of aromatic hydroxyl groups is 1. The van der Waals surface area contributed by atoms with E-state index in [2.05, 4.69) is 43.0 Å². The van der Waals surface area contributed by atoms with Gasteiger partial charge >= 0.3 is 0 Å². The number of ether oxygens (including phenoxy) is 1. The first kappa shape index (κ1) is 16.8. The molecule has 0 spiro atoms. The van der Waals surface area contributed by atoms with Gasteiger partial charge in [0.2, 0.25) is 4.80 Å². The van der Waals surface area contributed by atoms with E-state index in [9.17, 15) is 5.11 Å². The van der Waals surface area contributed by atoms with Gasteiger partial charge in [-0.2, -0.15) is 5.10 Å². The molecule has 0 radical (unpaired) electrons. The maximum atomic E-state index is 9.89. The number of nitrogens with zero attached hydrogens (tertiary/aromatic N) is 3. The highest BCUT2D eigenvalue weighted by atomic mass is 79.9. The number of phenolic OH excluding ortho intramolecular Hbond substituents is 1. The molecule has 1 aromatic carbocycles. The lowest BCUT2D eigenvalue weighted by Crippen LogP contribution is -2.14. The van der Waals surface area contributed by atoms with Crippen molar-refractivity contribution in [1.82, 2.24) is 4.57 Å². The van der Waals surface area contributed by atoms with E-state index in [0.29, 0.717) is 16.8 Å². The Labute approximate surface area is 141 Å². The third-order valence-electron chi connectivity index (χ3n) is 3.01. The number of rotatable bonds is 5. The molecule has 0 unspecified atom stereocenters. The molecule has 0 aliphatic carbocycles. The maximum Gasteiger partial charge on any atom is 0.210 e. The van der Waals surface area contributed by atoms with Crippen LogP contribution in [-0.4, -0.2) is 22.5 Å². The molecule has 0 atom stereocenters. The van der Waals surface area contributed by atoms with E-state index < -0.39 is 0 Å². The third kappa shape index (κ3) is 3.78. The Balaban J connectivity index is 2.30. The van der Waals surface area contributed by atoms with Crippen LogP contribution in [0, 0.1) is 6.92 Å². The normalized spacial score (nSPS) is 12.3. The number of thiazole rings is 1. The lowest BCUT2D eigenvalue weighted by atomic mass is 10.2. The summed E-state index contributed by atoms with van der Waals surface area (Å²) in [5.41, 5.74) is 1.97. The summed E-state index contributed by atoms with van der Waals surface area (Å²) in [6, 6.07) is 3.50. The van der Waals surface area contributed by atoms with E-state index in [0.717, 1.165) is 16.9 Å². The lowest BCUT2D eigenvalue weighted by molar-refractivity contribution is 0.317. The minimum Gasteiger partial charge on any atom is -0.503 e. The molecule has 0 fully saturated rings. The SMILES string of the molecule is CCOc1cc(/C=N/N=c2\scc(C)n2CC)cc(Br)c1O. The molecule has 0 aliphatic rings. The second-order valence-corrected chi connectivity index (χ2v) is 6.22. The van der Waals surface area contributed by atoms with Crippen molar-refractivity contribution in [2.45, 2.75) is 27.3 Å². The van der Waals surface area contributed by atoms with Crippen LogP contribution in [-0.2, 0) is 6.54 Å². The van der Waals surface area contributed by atoms with Crippen LogP contribution in [0.5, 0.6) is 11.5 Å². The molecule has 0 bridgehead atoms. The molecule has 0 saturated heterocycles. The topological polar surface area (TPSA) is 59.1 Å². The van der Waals surface area contributed by atoms with Gasteiger partial charge in [0.15, 0.2) is 11.5 Å². The van der Waals surface area contributed by atoms with Crippen LogP contribution in [0.25, 0.3) is 0 Å². The van der Waals surface area contributed by atoms with E-state index in [1.54, 1.807) is 29.7 Å². The fraction of sp³-hybridized carbons (Fsp3) is 0.333.